The van der Waals surface area contributed by atoms with Gasteiger partial charge in [0.1, 0.15) is 5.75 Å². The van der Waals surface area contributed by atoms with Gasteiger partial charge < -0.3 is 10.1 Å². The fourth-order valence-electron chi connectivity index (χ4n) is 2.13. The molecule has 4 nitrogen and oxygen atoms in total. The number of Topliss-reactive ketones (excluding diaryl/α,β-unsaturated/α-hetero) is 1. The molecule has 0 fully saturated rings. The first-order valence-corrected chi connectivity index (χ1v) is 8.28. The fraction of sp³-hybridized carbons (Fsp3) is 0.263. The van der Waals surface area contributed by atoms with Gasteiger partial charge in [0.05, 0.1) is 12.3 Å². The van der Waals surface area contributed by atoms with E-state index in [9.17, 15) is 9.59 Å². The Hall–Kier alpha value is -2.33. The van der Waals surface area contributed by atoms with Gasteiger partial charge in [-0.1, -0.05) is 30.7 Å². The van der Waals surface area contributed by atoms with Crippen LogP contribution in [0.4, 0.5) is 5.69 Å². The first-order valence-electron chi connectivity index (χ1n) is 7.90. The summed E-state index contributed by atoms with van der Waals surface area (Å²) in [6.07, 6.45) is 1.15. The number of rotatable bonds is 8. The molecular weight excluding hydrogens is 326 g/mol. The van der Waals surface area contributed by atoms with E-state index in [1.165, 1.54) is 0 Å². The molecule has 2 rings (SSSR count). The molecule has 5 heteroatoms. The van der Waals surface area contributed by atoms with Gasteiger partial charge in [0.25, 0.3) is 0 Å². The largest absolute Gasteiger partial charge is 0.491 e. The van der Waals surface area contributed by atoms with Crippen molar-refractivity contribution < 1.29 is 14.3 Å². The Balaban J connectivity index is 1.89. The summed E-state index contributed by atoms with van der Waals surface area (Å²) in [4.78, 5) is 24.2. The molecule has 0 aliphatic heterocycles. The molecule has 0 aliphatic carbocycles. The van der Waals surface area contributed by atoms with Crippen LogP contribution in [0.25, 0.3) is 0 Å². The lowest BCUT2D eigenvalue weighted by Gasteiger charge is -2.11. The van der Waals surface area contributed by atoms with Crippen molar-refractivity contribution in [1.29, 1.82) is 0 Å². The molecule has 1 amide bonds. The maximum atomic E-state index is 12.1. The molecule has 2 aromatic rings. The predicted molar refractivity (Wildman–Crippen MR) is 95.9 cm³/mol. The second-order valence-corrected chi connectivity index (χ2v) is 5.76. The van der Waals surface area contributed by atoms with Crippen LogP contribution in [-0.4, -0.2) is 18.3 Å². The summed E-state index contributed by atoms with van der Waals surface area (Å²) in [5, 5.41) is 3.37. The molecule has 0 unspecified atom stereocenters. The molecule has 0 saturated heterocycles. The minimum Gasteiger partial charge on any atom is -0.491 e. The van der Waals surface area contributed by atoms with Gasteiger partial charge in [-0.25, -0.2) is 0 Å². The summed E-state index contributed by atoms with van der Waals surface area (Å²) in [6, 6.07) is 13.9. The van der Waals surface area contributed by atoms with E-state index >= 15 is 0 Å². The summed E-state index contributed by atoms with van der Waals surface area (Å²) in [5.74, 6) is 0.332. The van der Waals surface area contributed by atoms with Crippen LogP contribution >= 0.6 is 11.6 Å². The van der Waals surface area contributed by atoms with Gasteiger partial charge in [-0.3, -0.25) is 9.59 Å². The maximum Gasteiger partial charge on any atom is 0.224 e. The van der Waals surface area contributed by atoms with Gasteiger partial charge in [0.15, 0.2) is 5.78 Å². The highest BCUT2D eigenvalue weighted by Crippen LogP contribution is 2.24. The quantitative estimate of drug-likeness (QED) is 0.703. The molecule has 1 N–H and O–H groups in total. The van der Waals surface area contributed by atoms with Crippen molar-refractivity contribution in [3.63, 3.8) is 0 Å². The highest BCUT2D eigenvalue weighted by Gasteiger charge is 2.11. The maximum absolute atomic E-state index is 12.1. The first-order chi connectivity index (χ1) is 11.6. The average Bonchev–Trinajstić information content (AvgIpc) is 2.59. The lowest BCUT2D eigenvalue weighted by atomic mass is 10.1. The third-order valence-corrected chi connectivity index (χ3v) is 3.62. The zero-order valence-electron chi connectivity index (χ0n) is 13.5. The van der Waals surface area contributed by atoms with Crippen LogP contribution in [-0.2, 0) is 4.79 Å². The number of hydrogen-bond donors (Lipinski definition) is 1. The Morgan fingerprint density at radius 1 is 1.04 bits per heavy atom. The van der Waals surface area contributed by atoms with Crippen molar-refractivity contribution in [3.05, 3.63) is 59.1 Å². The third-order valence-electron chi connectivity index (χ3n) is 3.37. The molecule has 0 heterocycles. The minimum absolute atomic E-state index is 0.0858. The van der Waals surface area contributed by atoms with Crippen molar-refractivity contribution in [1.82, 2.24) is 0 Å². The van der Waals surface area contributed by atoms with E-state index in [4.69, 9.17) is 16.3 Å². The minimum atomic E-state index is -0.218. The number of para-hydroxylation sites is 2. The number of nitrogens with one attached hydrogen (secondary N) is 1. The number of ketones is 1. The lowest BCUT2D eigenvalue weighted by Crippen LogP contribution is -2.14. The molecule has 126 valence electrons. The second kappa shape index (κ2) is 9.08. The Labute approximate surface area is 146 Å². The zero-order chi connectivity index (χ0) is 17.4. The molecule has 0 aromatic heterocycles. The number of anilines is 1. The van der Waals surface area contributed by atoms with E-state index in [0.717, 1.165) is 6.42 Å². The monoisotopic (exact) mass is 345 g/mol. The second-order valence-electron chi connectivity index (χ2n) is 5.32. The fourth-order valence-corrected chi connectivity index (χ4v) is 2.25. The highest BCUT2D eigenvalue weighted by atomic mass is 35.5. The summed E-state index contributed by atoms with van der Waals surface area (Å²) in [6.45, 7) is 2.60. The van der Waals surface area contributed by atoms with Gasteiger partial charge in [0.2, 0.25) is 5.91 Å². The van der Waals surface area contributed by atoms with E-state index in [-0.39, 0.29) is 24.5 Å². The number of benzene rings is 2. The van der Waals surface area contributed by atoms with E-state index < -0.39 is 0 Å². The molecule has 0 radical (unpaired) electrons. The van der Waals surface area contributed by atoms with E-state index in [2.05, 4.69) is 5.32 Å². The van der Waals surface area contributed by atoms with Crippen LogP contribution in [0.5, 0.6) is 5.75 Å². The molecule has 0 saturated carbocycles. The Morgan fingerprint density at radius 2 is 1.75 bits per heavy atom. The molecule has 2 aromatic carbocycles. The van der Waals surface area contributed by atoms with Crippen LogP contribution < -0.4 is 10.1 Å². The number of carbonyl (C=O) groups excluding carboxylic acids is 2. The highest BCUT2D eigenvalue weighted by molar-refractivity contribution is 6.30. The smallest absolute Gasteiger partial charge is 0.224 e. The Bertz CT molecular complexity index is 698. The zero-order valence-corrected chi connectivity index (χ0v) is 14.3. The van der Waals surface area contributed by atoms with Crippen LogP contribution in [0.1, 0.15) is 36.5 Å². The van der Waals surface area contributed by atoms with Crippen LogP contribution in [0.15, 0.2) is 48.5 Å². The van der Waals surface area contributed by atoms with Crippen molar-refractivity contribution in [2.75, 3.05) is 11.9 Å². The van der Waals surface area contributed by atoms with E-state index in [0.29, 0.717) is 28.6 Å². The topological polar surface area (TPSA) is 55.4 Å². The van der Waals surface area contributed by atoms with E-state index in [1.54, 1.807) is 30.3 Å². The SMILES string of the molecule is CCCOc1ccccc1NC(=O)CCC(=O)c1ccc(Cl)cc1. The van der Waals surface area contributed by atoms with Crippen molar-refractivity contribution >= 4 is 29.0 Å². The van der Waals surface area contributed by atoms with Gasteiger partial charge >= 0.3 is 0 Å². The molecule has 0 atom stereocenters. The Kier molecular flexibility index (Phi) is 6.82. The van der Waals surface area contributed by atoms with Crippen molar-refractivity contribution in [3.8, 4) is 5.75 Å². The first kappa shape index (κ1) is 18.0. The number of ether oxygens (including phenoxy) is 1. The normalized spacial score (nSPS) is 10.2. The van der Waals surface area contributed by atoms with Gasteiger partial charge in [-0.05, 0) is 42.8 Å². The van der Waals surface area contributed by atoms with Crippen molar-refractivity contribution in [2.24, 2.45) is 0 Å². The Morgan fingerprint density at radius 3 is 2.46 bits per heavy atom. The molecule has 0 aliphatic rings. The molecule has 0 bridgehead atoms. The summed E-state index contributed by atoms with van der Waals surface area (Å²) in [5.41, 5.74) is 1.17. The van der Waals surface area contributed by atoms with E-state index in [1.807, 2.05) is 25.1 Å². The van der Waals surface area contributed by atoms with Gasteiger partial charge in [-0.15, -0.1) is 0 Å². The number of carbonyl (C=O) groups is 2. The van der Waals surface area contributed by atoms with Crippen molar-refractivity contribution in [2.45, 2.75) is 26.2 Å². The standard InChI is InChI=1S/C19H20ClNO3/c1-2-13-24-18-6-4-3-5-16(18)21-19(23)12-11-17(22)14-7-9-15(20)10-8-14/h3-10H,2,11-13H2,1H3,(H,21,23). The molecular formula is C19H20ClNO3. The van der Waals surface area contributed by atoms with Crippen LogP contribution in [0, 0.1) is 0 Å². The summed E-state index contributed by atoms with van der Waals surface area (Å²) >= 11 is 5.80. The number of amides is 1. The predicted octanol–water partition coefficient (Wildman–Crippen LogP) is 4.73. The summed E-state index contributed by atoms with van der Waals surface area (Å²) < 4.78 is 5.60. The van der Waals surface area contributed by atoms with Gasteiger partial charge in [-0.2, -0.15) is 0 Å². The number of halogens is 1. The van der Waals surface area contributed by atoms with Crippen LogP contribution in [0.3, 0.4) is 0 Å². The number of hydrogen-bond acceptors (Lipinski definition) is 3. The molecule has 24 heavy (non-hydrogen) atoms. The lowest BCUT2D eigenvalue weighted by molar-refractivity contribution is -0.116. The van der Waals surface area contributed by atoms with Gasteiger partial charge in [0, 0.05) is 23.4 Å². The average molecular weight is 346 g/mol. The third kappa shape index (κ3) is 5.39. The summed E-state index contributed by atoms with van der Waals surface area (Å²) in [7, 11) is 0. The van der Waals surface area contributed by atoms with Crippen LogP contribution in [0.2, 0.25) is 5.02 Å². The molecule has 0 spiro atoms.